The first-order chi connectivity index (χ1) is 3.27. The molecule has 0 saturated heterocycles. The molecule has 0 N–H and O–H groups in total. The van der Waals surface area contributed by atoms with Crippen LogP contribution in [0.3, 0.4) is 0 Å². The van der Waals surface area contributed by atoms with Crippen LogP contribution in [0, 0.1) is 11.3 Å². The molecule has 1 atom stereocenters. The van der Waals surface area contributed by atoms with E-state index in [1.807, 2.05) is 6.92 Å². The van der Waals surface area contributed by atoms with E-state index in [4.69, 9.17) is 24.2 Å². The fourth-order valence-corrected chi connectivity index (χ4v) is 0.343. The third-order valence-electron chi connectivity index (χ3n) is 0.456. The minimum atomic E-state index is 0.228. The molecule has 0 amide bonds. The Bertz CT molecular complexity index is 88.0. The summed E-state index contributed by atoms with van der Waals surface area (Å²) in [5.74, 6) is 2.66. The lowest BCUT2D eigenvalue weighted by Crippen LogP contribution is -1.84. The van der Waals surface area contributed by atoms with Gasteiger partial charge in [0, 0.05) is 17.1 Å². The molecule has 1 unspecified atom stereocenters. The molecule has 1 radical (unpaired) electrons. The van der Waals surface area contributed by atoms with Crippen molar-refractivity contribution in [2.75, 3.05) is 0 Å². The Hall–Kier alpha value is 0.200. The van der Waals surface area contributed by atoms with Gasteiger partial charge in [-0.2, -0.15) is 0 Å². The molecule has 0 saturated carbocycles. The molecule has 2 heteroatoms. The molecule has 0 aromatic rings. The summed E-state index contributed by atoms with van der Waals surface area (Å²) >= 11 is 9.82. The third kappa shape index (κ3) is 6.20. The van der Waals surface area contributed by atoms with Gasteiger partial charge in [0.15, 0.2) is 0 Å². The molecule has 7 heavy (non-hydrogen) atoms. The molecule has 0 aliphatic carbocycles. The van der Waals surface area contributed by atoms with Gasteiger partial charge < -0.3 is 0 Å². The Morgan fingerprint density at radius 1 is 1.86 bits per heavy atom. The second kappa shape index (κ2) is 4.36. The number of halogens is 1. The van der Waals surface area contributed by atoms with Crippen LogP contribution in [-0.4, -0.2) is 5.25 Å². The normalized spacial score (nSPS) is 11.9. The zero-order valence-electron chi connectivity index (χ0n) is 4.07. The fraction of sp³-hybridized carbons (Fsp3) is 0.600. The summed E-state index contributed by atoms with van der Waals surface area (Å²) in [5.41, 5.74) is 0. The van der Waals surface area contributed by atoms with Gasteiger partial charge in [-0.25, -0.2) is 0 Å². The number of hydrogen-bond acceptors (Lipinski definition) is 0. The van der Waals surface area contributed by atoms with E-state index in [1.54, 1.807) is 0 Å². The summed E-state index contributed by atoms with van der Waals surface area (Å²) in [6.07, 6.45) is 0.721. The monoisotopic (exact) mass is 133 g/mol. The van der Waals surface area contributed by atoms with E-state index in [2.05, 4.69) is 11.3 Å². The van der Waals surface area contributed by atoms with Crippen molar-refractivity contribution < 1.29 is 0 Å². The first-order valence-corrected chi connectivity index (χ1v) is 2.86. The minimum absolute atomic E-state index is 0.228. The van der Waals surface area contributed by atoms with Gasteiger partial charge in [0.05, 0.1) is 0 Å². The van der Waals surface area contributed by atoms with Gasteiger partial charge >= 0.3 is 0 Å². The van der Waals surface area contributed by atoms with Crippen LogP contribution in [0.5, 0.6) is 0 Å². The van der Waals surface area contributed by atoms with Crippen molar-refractivity contribution in [3.05, 3.63) is 0 Å². The molecule has 0 spiro atoms. The smallest absolute Gasteiger partial charge is 0.0233 e. The summed E-state index contributed by atoms with van der Waals surface area (Å²) in [6, 6.07) is 0. The summed E-state index contributed by atoms with van der Waals surface area (Å²) in [6.45, 7) is 1.93. The molecule has 0 aromatic heterocycles. The van der Waals surface area contributed by atoms with Gasteiger partial charge in [0.2, 0.25) is 0 Å². The third-order valence-corrected chi connectivity index (χ3v) is 0.757. The maximum Gasteiger partial charge on any atom is 0.0233 e. The van der Waals surface area contributed by atoms with Gasteiger partial charge in [0.1, 0.15) is 0 Å². The van der Waals surface area contributed by atoms with Crippen LogP contribution in [0.2, 0.25) is 0 Å². The second-order valence-corrected chi connectivity index (χ2v) is 2.28. The van der Waals surface area contributed by atoms with Crippen LogP contribution in [-0.2, 0) is 0 Å². The van der Waals surface area contributed by atoms with Crippen LogP contribution < -0.4 is 0 Å². The van der Waals surface area contributed by atoms with Crippen molar-refractivity contribution in [3.8, 4) is 11.3 Å². The highest BCUT2D eigenvalue weighted by molar-refractivity contribution is 7.80. The quantitative estimate of drug-likeness (QED) is 0.481. The Morgan fingerprint density at radius 3 is 2.57 bits per heavy atom. The molecule has 0 fully saturated rings. The van der Waals surface area contributed by atoms with E-state index in [1.165, 1.54) is 0 Å². The zero-order valence-corrected chi connectivity index (χ0v) is 5.64. The van der Waals surface area contributed by atoms with Crippen molar-refractivity contribution in [1.82, 2.24) is 0 Å². The Morgan fingerprint density at radius 2 is 2.43 bits per heavy atom. The molecule has 0 rings (SSSR count). The lowest BCUT2D eigenvalue weighted by molar-refractivity contribution is 1.02. The highest BCUT2D eigenvalue weighted by atomic mass is 35.5. The number of hydrogen-bond donors (Lipinski definition) is 0. The van der Waals surface area contributed by atoms with Gasteiger partial charge in [-0.05, 0) is 11.6 Å². The minimum Gasteiger partial charge on any atom is -0.0897 e. The average molecular weight is 134 g/mol. The predicted octanol–water partition coefficient (Wildman–Crippen LogP) is 2.16. The molecule has 0 aromatic carbocycles. The Labute approximate surface area is 54.7 Å². The predicted molar refractivity (Wildman–Crippen MR) is 35.3 cm³/mol. The van der Waals surface area contributed by atoms with E-state index >= 15 is 0 Å². The van der Waals surface area contributed by atoms with Crippen LogP contribution in [0.4, 0.5) is 0 Å². The maximum absolute atomic E-state index is 5.04. The van der Waals surface area contributed by atoms with E-state index in [9.17, 15) is 0 Å². The molecule has 39 valence electrons. The Balaban J connectivity index is 3.08. The van der Waals surface area contributed by atoms with E-state index < -0.39 is 0 Å². The van der Waals surface area contributed by atoms with Gasteiger partial charge in [-0.15, -0.1) is 0 Å². The maximum atomic E-state index is 5.04. The van der Waals surface area contributed by atoms with Crippen molar-refractivity contribution in [1.29, 1.82) is 0 Å². The SMILES string of the molecule is CC([S])CC#CCl. The van der Waals surface area contributed by atoms with Crippen LogP contribution in [0.25, 0.3) is 0 Å². The van der Waals surface area contributed by atoms with Crippen LogP contribution in [0.1, 0.15) is 13.3 Å². The van der Waals surface area contributed by atoms with E-state index in [-0.39, 0.29) is 5.25 Å². The standard InChI is InChI=1S/C5H6ClS/c1-5(7)3-2-4-6/h5H,3H2,1H3. The average Bonchev–Trinajstić information content (AvgIpc) is 1.61. The summed E-state index contributed by atoms with van der Waals surface area (Å²) in [7, 11) is 0. The fourth-order valence-electron chi connectivity index (χ4n) is 0.182. The largest absolute Gasteiger partial charge is 0.0897 e. The molecule has 0 heterocycles. The molecule has 0 bridgehead atoms. The topological polar surface area (TPSA) is 0 Å². The Kier molecular flexibility index (Phi) is 4.49. The molecule has 0 nitrogen and oxygen atoms in total. The van der Waals surface area contributed by atoms with Crippen molar-refractivity contribution in [2.45, 2.75) is 18.6 Å². The van der Waals surface area contributed by atoms with Crippen LogP contribution in [0.15, 0.2) is 0 Å². The molecular weight excluding hydrogens is 128 g/mol. The van der Waals surface area contributed by atoms with Gasteiger partial charge in [-0.1, -0.05) is 25.5 Å². The van der Waals surface area contributed by atoms with Gasteiger partial charge in [-0.3, -0.25) is 0 Å². The summed E-state index contributed by atoms with van der Waals surface area (Å²) < 4.78 is 0. The molecular formula is C5H6ClS. The first-order valence-electron chi connectivity index (χ1n) is 2.01. The van der Waals surface area contributed by atoms with Gasteiger partial charge in [0.25, 0.3) is 0 Å². The van der Waals surface area contributed by atoms with E-state index in [0.717, 1.165) is 6.42 Å². The number of rotatable bonds is 1. The highest BCUT2D eigenvalue weighted by Crippen LogP contribution is 1.95. The molecule has 0 aliphatic heterocycles. The van der Waals surface area contributed by atoms with E-state index in [0.29, 0.717) is 0 Å². The summed E-state index contributed by atoms with van der Waals surface area (Å²) in [4.78, 5) is 0. The van der Waals surface area contributed by atoms with Crippen molar-refractivity contribution in [2.24, 2.45) is 0 Å². The van der Waals surface area contributed by atoms with Crippen molar-refractivity contribution in [3.63, 3.8) is 0 Å². The lowest BCUT2D eigenvalue weighted by atomic mass is 10.3. The van der Waals surface area contributed by atoms with Crippen LogP contribution >= 0.6 is 24.2 Å². The first kappa shape index (κ1) is 7.20. The molecule has 0 aliphatic rings. The zero-order chi connectivity index (χ0) is 5.70. The van der Waals surface area contributed by atoms with Crippen molar-refractivity contribution >= 4 is 24.2 Å². The highest BCUT2D eigenvalue weighted by Gasteiger charge is 1.86. The lowest BCUT2D eigenvalue weighted by Gasteiger charge is -1.88. The summed E-state index contributed by atoms with van der Waals surface area (Å²) in [5, 5.41) is 2.48. The second-order valence-electron chi connectivity index (χ2n) is 1.29.